The average molecular weight is 653 g/mol. The second kappa shape index (κ2) is 17.0. The van der Waals surface area contributed by atoms with Gasteiger partial charge in [-0.2, -0.15) is 15.0 Å². The second-order valence-corrected chi connectivity index (χ2v) is 20.2. The van der Waals surface area contributed by atoms with E-state index >= 15 is 0 Å². The van der Waals surface area contributed by atoms with E-state index in [1.807, 2.05) is 27.7 Å². The molecule has 0 radical (unpaired) electrons. The number of nitrogens with zero attached hydrogens (tertiary/aromatic N) is 3. The molecular weight excluding hydrogens is 605 g/mol. The summed E-state index contributed by atoms with van der Waals surface area (Å²) >= 11 is 0. The lowest BCUT2D eigenvalue weighted by molar-refractivity contribution is 0.0450. The van der Waals surface area contributed by atoms with Crippen molar-refractivity contribution in [3.63, 3.8) is 0 Å². The van der Waals surface area contributed by atoms with Crippen LogP contribution in [0.5, 0.6) is 0 Å². The maximum Gasteiger partial charge on any atom is 0.338 e. The van der Waals surface area contributed by atoms with Crippen molar-refractivity contribution in [3.05, 3.63) is 59.7 Å². The molecule has 13 heteroatoms. The van der Waals surface area contributed by atoms with Crippen LogP contribution >= 0.6 is 0 Å². The Bertz CT molecular complexity index is 1290. The fourth-order valence-corrected chi connectivity index (χ4v) is 10.2. The Morgan fingerprint density at radius 1 is 0.733 bits per heavy atom. The maximum absolute atomic E-state index is 12.3. The Morgan fingerprint density at radius 3 is 1.56 bits per heavy atom. The lowest BCUT2D eigenvalue weighted by Gasteiger charge is -2.23. The Labute approximate surface area is 269 Å². The van der Waals surface area contributed by atoms with E-state index in [4.69, 9.17) is 13.6 Å². The SMILES string of the molecule is CC(C)COC(=O)c1ccc(Nc2nc(NCCC[SiH](C)O[Si](C)(C)C)nc(Nc3ccc(C(=O)OCC(C)C)cc3)n2)cc1. The van der Waals surface area contributed by atoms with Gasteiger partial charge in [-0.25, -0.2) is 9.59 Å². The largest absolute Gasteiger partial charge is 0.462 e. The number of carbonyl (C=O) groups excluding carboxylic acids is 2. The Hall–Kier alpha value is -3.82. The molecule has 45 heavy (non-hydrogen) atoms. The van der Waals surface area contributed by atoms with Crippen molar-refractivity contribution < 1.29 is 23.2 Å². The number of anilines is 5. The van der Waals surface area contributed by atoms with E-state index in [9.17, 15) is 9.59 Å². The van der Waals surface area contributed by atoms with Crippen LogP contribution in [0.15, 0.2) is 48.5 Å². The number of ether oxygens (including phenoxy) is 2. The second-order valence-electron chi connectivity index (χ2n) is 12.8. The van der Waals surface area contributed by atoms with E-state index in [-0.39, 0.29) is 23.8 Å². The molecule has 3 N–H and O–H groups in total. The molecule has 0 saturated heterocycles. The van der Waals surface area contributed by atoms with Crippen LogP contribution < -0.4 is 16.0 Å². The fraction of sp³-hybridized carbons (Fsp3) is 0.469. The van der Waals surface area contributed by atoms with Crippen molar-refractivity contribution in [2.75, 3.05) is 35.7 Å². The minimum absolute atomic E-state index is 0.262. The normalized spacial score (nSPS) is 12.1. The lowest BCUT2D eigenvalue weighted by Crippen LogP contribution is -2.33. The lowest BCUT2D eigenvalue weighted by atomic mass is 10.2. The third-order valence-corrected chi connectivity index (χ3v) is 11.8. The maximum atomic E-state index is 12.3. The van der Waals surface area contributed by atoms with E-state index in [1.54, 1.807) is 48.5 Å². The Balaban J connectivity index is 1.73. The first-order valence-electron chi connectivity index (χ1n) is 15.5. The van der Waals surface area contributed by atoms with Gasteiger partial charge in [-0.1, -0.05) is 27.7 Å². The van der Waals surface area contributed by atoms with Crippen molar-refractivity contribution in [2.45, 2.75) is 66.3 Å². The molecule has 0 fully saturated rings. The van der Waals surface area contributed by atoms with Crippen molar-refractivity contribution in [1.82, 2.24) is 15.0 Å². The first-order valence-corrected chi connectivity index (χ1v) is 21.4. The molecule has 1 atom stereocenters. The smallest absolute Gasteiger partial charge is 0.338 e. The van der Waals surface area contributed by atoms with Gasteiger partial charge in [0.1, 0.15) is 0 Å². The van der Waals surface area contributed by atoms with Crippen molar-refractivity contribution in [1.29, 1.82) is 0 Å². The summed E-state index contributed by atoms with van der Waals surface area (Å²) in [6.07, 6.45) is 0.942. The van der Waals surface area contributed by atoms with Crippen LogP contribution in [0, 0.1) is 11.8 Å². The van der Waals surface area contributed by atoms with Crippen LogP contribution in [0.4, 0.5) is 29.2 Å². The van der Waals surface area contributed by atoms with Crippen LogP contribution in [-0.2, 0) is 13.6 Å². The van der Waals surface area contributed by atoms with Gasteiger partial charge in [-0.3, -0.25) is 0 Å². The monoisotopic (exact) mass is 652 g/mol. The van der Waals surface area contributed by atoms with E-state index in [0.717, 1.165) is 12.5 Å². The summed E-state index contributed by atoms with van der Waals surface area (Å²) in [5.41, 5.74) is 2.33. The summed E-state index contributed by atoms with van der Waals surface area (Å²) in [7, 11) is -2.76. The van der Waals surface area contributed by atoms with Gasteiger partial charge in [0.2, 0.25) is 17.8 Å². The minimum Gasteiger partial charge on any atom is -0.462 e. The molecule has 1 heterocycles. The third-order valence-electron chi connectivity index (χ3n) is 6.11. The summed E-state index contributed by atoms with van der Waals surface area (Å²) in [4.78, 5) is 38.3. The molecule has 3 aromatic rings. The first-order chi connectivity index (χ1) is 21.3. The predicted octanol–water partition coefficient (Wildman–Crippen LogP) is 6.99. The van der Waals surface area contributed by atoms with Gasteiger partial charge in [0.15, 0.2) is 17.4 Å². The van der Waals surface area contributed by atoms with Gasteiger partial charge >= 0.3 is 11.9 Å². The van der Waals surface area contributed by atoms with Crippen molar-refractivity contribution in [2.24, 2.45) is 11.8 Å². The molecular formula is C32H48N6O5Si2. The molecule has 3 rings (SSSR count). The summed E-state index contributed by atoms with van der Waals surface area (Å²) in [6, 6.07) is 15.0. The first kappa shape index (κ1) is 35.7. The molecule has 1 unspecified atom stereocenters. The number of benzene rings is 2. The molecule has 0 aliphatic carbocycles. The van der Waals surface area contributed by atoms with Crippen LogP contribution in [0.3, 0.4) is 0 Å². The highest BCUT2D eigenvalue weighted by Crippen LogP contribution is 2.21. The number of hydrogen-bond donors (Lipinski definition) is 3. The van der Waals surface area contributed by atoms with Gasteiger partial charge in [-0.15, -0.1) is 0 Å². The topological polar surface area (TPSA) is 137 Å². The van der Waals surface area contributed by atoms with Gasteiger partial charge < -0.3 is 29.5 Å². The van der Waals surface area contributed by atoms with E-state index in [2.05, 4.69) is 57.1 Å². The molecule has 0 amide bonds. The number of rotatable bonds is 17. The number of nitrogens with one attached hydrogen (secondary N) is 3. The molecule has 244 valence electrons. The molecule has 1 aromatic heterocycles. The summed E-state index contributed by atoms with van der Waals surface area (Å²) in [6.45, 7) is 18.3. The fourth-order valence-electron chi connectivity index (χ4n) is 4.11. The van der Waals surface area contributed by atoms with E-state index in [1.165, 1.54) is 0 Å². The zero-order valence-electron chi connectivity index (χ0n) is 27.8. The Kier molecular flexibility index (Phi) is 13.5. The number of hydrogen-bond acceptors (Lipinski definition) is 11. The zero-order valence-corrected chi connectivity index (χ0v) is 29.9. The highest BCUT2D eigenvalue weighted by atomic mass is 28.4. The highest BCUT2D eigenvalue weighted by Gasteiger charge is 2.18. The van der Waals surface area contributed by atoms with Crippen LogP contribution in [0.1, 0.15) is 54.8 Å². The zero-order chi connectivity index (χ0) is 33.0. The molecule has 0 saturated carbocycles. The summed E-state index contributed by atoms with van der Waals surface area (Å²) in [5.74, 6) is 0.862. The molecule has 0 aliphatic rings. The van der Waals surface area contributed by atoms with Gasteiger partial charge in [-0.05, 0) is 99.0 Å². The Morgan fingerprint density at radius 2 is 1.16 bits per heavy atom. The van der Waals surface area contributed by atoms with Crippen molar-refractivity contribution >= 4 is 58.5 Å². The summed E-state index contributed by atoms with van der Waals surface area (Å²) in [5, 5.41) is 9.73. The minimum atomic E-state index is -1.53. The number of esters is 2. The van der Waals surface area contributed by atoms with Crippen LogP contribution in [0.2, 0.25) is 32.2 Å². The molecule has 2 aromatic carbocycles. The summed E-state index contributed by atoms with van der Waals surface area (Å²) < 4.78 is 16.9. The van der Waals surface area contributed by atoms with Gasteiger partial charge in [0, 0.05) is 17.9 Å². The molecule has 0 aliphatic heterocycles. The standard InChI is InChI=1S/C32H48N6O5Si2/c1-22(2)20-41-28(39)24-10-14-26(15-11-24)34-31-36-30(33-18-9-19-44(5)43-45(6,7)8)37-32(38-31)35-27-16-12-25(13-17-27)29(40)42-21-23(3)4/h10-17,22-23,44H,9,18-21H2,1-8H3,(H3,33,34,35,36,37,38). The van der Waals surface area contributed by atoms with Crippen LogP contribution in [0.25, 0.3) is 0 Å². The average Bonchev–Trinajstić information content (AvgIpc) is 2.96. The van der Waals surface area contributed by atoms with Gasteiger partial charge in [0.25, 0.3) is 0 Å². The molecule has 0 bridgehead atoms. The van der Waals surface area contributed by atoms with Crippen molar-refractivity contribution in [3.8, 4) is 0 Å². The highest BCUT2D eigenvalue weighted by molar-refractivity contribution is 6.77. The molecule has 11 nitrogen and oxygen atoms in total. The number of aromatic nitrogens is 3. The number of carbonyl (C=O) groups is 2. The van der Waals surface area contributed by atoms with E-state index in [0.29, 0.717) is 60.1 Å². The quantitative estimate of drug-likeness (QED) is 0.0790. The van der Waals surface area contributed by atoms with Crippen LogP contribution in [-0.4, -0.2) is 64.0 Å². The van der Waals surface area contributed by atoms with Gasteiger partial charge in [0.05, 0.1) is 24.3 Å². The predicted molar refractivity (Wildman–Crippen MR) is 185 cm³/mol. The molecule has 0 spiro atoms. The third kappa shape index (κ3) is 13.4. The van der Waals surface area contributed by atoms with E-state index < -0.39 is 17.4 Å².